The summed E-state index contributed by atoms with van der Waals surface area (Å²) in [5, 5.41) is 1.22. The number of hydrogen-bond acceptors (Lipinski definition) is 4. The van der Waals surface area contributed by atoms with Gasteiger partial charge in [-0.15, -0.1) is 0 Å². The molecular weight excluding hydrogens is 312 g/mol. The lowest BCUT2D eigenvalue weighted by atomic mass is 9.83. The number of benzene rings is 1. The minimum absolute atomic E-state index is 0.278. The third kappa shape index (κ3) is 2.97. The minimum Gasteiger partial charge on any atom is -0.356 e. The monoisotopic (exact) mass is 338 g/mol. The van der Waals surface area contributed by atoms with E-state index in [9.17, 15) is 4.79 Å². The van der Waals surface area contributed by atoms with Gasteiger partial charge in [0.1, 0.15) is 5.82 Å². The summed E-state index contributed by atoms with van der Waals surface area (Å²) in [6.45, 7) is 5.31. The van der Waals surface area contributed by atoms with E-state index in [1.54, 1.807) is 0 Å². The standard InChI is InChI=1S/C20H26N4O/c1-14-12-19(22-17-5-3-2-4-16(14)17)23-10-8-18-15(13-23)6-7-20(25)24(18)11-9-21/h2-5,12,15,18H,6-11,13,21H2,1H3/t15-,18+/m0/s1. The van der Waals surface area contributed by atoms with Crippen LogP contribution in [0.1, 0.15) is 24.8 Å². The van der Waals surface area contributed by atoms with Gasteiger partial charge in [0.25, 0.3) is 0 Å². The van der Waals surface area contributed by atoms with Crippen LogP contribution in [-0.2, 0) is 4.79 Å². The largest absolute Gasteiger partial charge is 0.356 e. The molecule has 2 aliphatic rings. The number of nitrogens with two attached hydrogens (primary N) is 1. The lowest BCUT2D eigenvalue weighted by Gasteiger charge is -2.47. The van der Waals surface area contributed by atoms with Crippen molar-refractivity contribution >= 4 is 22.6 Å². The molecule has 2 atom stereocenters. The van der Waals surface area contributed by atoms with E-state index in [-0.39, 0.29) is 5.91 Å². The molecule has 0 radical (unpaired) electrons. The van der Waals surface area contributed by atoms with Crippen molar-refractivity contribution in [2.24, 2.45) is 11.7 Å². The molecule has 2 N–H and O–H groups in total. The predicted molar refractivity (Wildman–Crippen MR) is 101 cm³/mol. The molecule has 4 rings (SSSR count). The third-order valence-corrected chi connectivity index (χ3v) is 5.75. The first-order valence-electron chi connectivity index (χ1n) is 9.28. The van der Waals surface area contributed by atoms with E-state index < -0.39 is 0 Å². The second kappa shape index (κ2) is 6.64. The zero-order valence-electron chi connectivity index (χ0n) is 14.8. The SMILES string of the molecule is Cc1cc(N2CC[C@@H]3[C@@H](CCC(=O)N3CCN)C2)nc2ccccc12. The quantitative estimate of drug-likeness (QED) is 0.933. The Labute approximate surface area is 148 Å². The summed E-state index contributed by atoms with van der Waals surface area (Å²) in [6, 6.07) is 10.9. The fraction of sp³-hybridized carbons (Fsp3) is 0.500. The van der Waals surface area contributed by atoms with Gasteiger partial charge in [-0.1, -0.05) is 18.2 Å². The number of amides is 1. The molecule has 2 saturated heterocycles. The van der Waals surface area contributed by atoms with Gasteiger partial charge in [-0.05, 0) is 43.4 Å². The maximum atomic E-state index is 12.2. The number of aryl methyl sites for hydroxylation is 1. The van der Waals surface area contributed by atoms with Gasteiger partial charge >= 0.3 is 0 Å². The van der Waals surface area contributed by atoms with Crippen LogP contribution in [0, 0.1) is 12.8 Å². The van der Waals surface area contributed by atoms with Gasteiger partial charge in [-0.3, -0.25) is 4.79 Å². The number of para-hydroxylation sites is 1. The maximum absolute atomic E-state index is 12.2. The molecule has 5 heteroatoms. The van der Waals surface area contributed by atoms with Crippen LogP contribution in [0.15, 0.2) is 30.3 Å². The molecule has 3 heterocycles. The van der Waals surface area contributed by atoms with Gasteiger partial charge in [0, 0.05) is 44.0 Å². The first kappa shape index (κ1) is 16.3. The van der Waals surface area contributed by atoms with Crippen LogP contribution in [0.3, 0.4) is 0 Å². The van der Waals surface area contributed by atoms with Crippen molar-refractivity contribution in [2.75, 3.05) is 31.1 Å². The van der Waals surface area contributed by atoms with E-state index in [1.165, 1.54) is 10.9 Å². The second-order valence-electron chi connectivity index (χ2n) is 7.29. The van der Waals surface area contributed by atoms with Crippen LogP contribution in [-0.4, -0.2) is 48.0 Å². The van der Waals surface area contributed by atoms with Crippen molar-refractivity contribution in [1.29, 1.82) is 0 Å². The van der Waals surface area contributed by atoms with Crippen LogP contribution >= 0.6 is 0 Å². The summed E-state index contributed by atoms with van der Waals surface area (Å²) in [5.74, 6) is 1.86. The number of piperidine rings is 2. The number of likely N-dealkylation sites (tertiary alicyclic amines) is 1. The maximum Gasteiger partial charge on any atom is 0.222 e. The molecule has 2 aliphatic heterocycles. The number of carbonyl (C=O) groups excluding carboxylic acids is 1. The Morgan fingerprint density at radius 1 is 1.28 bits per heavy atom. The second-order valence-corrected chi connectivity index (χ2v) is 7.29. The third-order valence-electron chi connectivity index (χ3n) is 5.75. The molecule has 0 saturated carbocycles. The summed E-state index contributed by atoms with van der Waals surface area (Å²) in [5.41, 5.74) is 8.05. The lowest BCUT2D eigenvalue weighted by Crippen LogP contribution is -2.57. The average molecular weight is 338 g/mol. The molecule has 0 spiro atoms. The highest BCUT2D eigenvalue weighted by Gasteiger charge is 2.39. The molecule has 5 nitrogen and oxygen atoms in total. The molecule has 1 aromatic carbocycles. The zero-order valence-corrected chi connectivity index (χ0v) is 14.8. The van der Waals surface area contributed by atoms with Crippen molar-refractivity contribution in [1.82, 2.24) is 9.88 Å². The number of carbonyl (C=O) groups is 1. The Bertz CT molecular complexity index is 790. The van der Waals surface area contributed by atoms with Crippen molar-refractivity contribution in [3.63, 3.8) is 0 Å². The van der Waals surface area contributed by atoms with Crippen molar-refractivity contribution < 1.29 is 4.79 Å². The topological polar surface area (TPSA) is 62.5 Å². The van der Waals surface area contributed by atoms with Crippen LogP contribution in [0.2, 0.25) is 0 Å². The normalized spacial score (nSPS) is 23.8. The van der Waals surface area contributed by atoms with Crippen molar-refractivity contribution in [3.05, 3.63) is 35.9 Å². The fourth-order valence-electron chi connectivity index (χ4n) is 4.48. The molecule has 2 aromatic rings. The molecule has 25 heavy (non-hydrogen) atoms. The Morgan fingerprint density at radius 3 is 2.96 bits per heavy atom. The summed E-state index contributed by atoms with van der Waals surface area (Å²) in [6.07, 6.45) is 2.64. The van der Waals surface area contributed by atoms with E-state index >= 15 is 0 Å². The zero-order chi connectivity index (χ0) is 17.4. The number of nitrogens with zero attached hydrogens (tertiary/aromatic N) is 3. The number of pyridine rings is 1. The summed E-state index contributed by atoms with van der Waals surface area (Å²) < 4.78 is 0. The van der Waals surface area contributed by atoms with Gasteiger partial charge in [-0.2, -0.15) is 0 Å². The van der Waals surface area contributed by atoms with Gasteiger partial charge in [0.15, 0.2) is 0 Å². The summed E-state index contributed by atoms with van der Waals surface area (Å²) >= 11 is 0. The molecule has 132 valence electrons. The molecule has 0 bridgehead atoms. The van der Waals surface area contributed by atoms with E-state index in [4.69, 9.17) is 10.7 Å². The lowest BCUT2D eigenvalue weighted by molar-refractivity contribution is -0.139. The summed E-state index contributed by atoms with van der Waals surface area (Å²) in [4.78, 5) is 21.6. The van der Waals surface area contributed by atoms with Gasteiger partial charge in [-0.25, -0.2) is 4.98 Å². The fourth-order valence-corrected chi connectivity index (χ4v) is 4.48. The highest BCUT2D eigenvalue weighted by molar-refractivity contribution is 5.84. The predicted octanol–water partition coefficient (Wildman–Crippen LogP) is 2.32. The molecule has 0 aliphatic carbocycles. The van der Waals surface area contributed by atoms with E-state index in [0.717, 1.165) is 37.3 Å². The molecule has 1 amide bonds. The van der Waals surface area contributed by atoms with Crippen LogP contribution in [0.25, 0.3) is 10.9 Å². The Balaban J connectivity index is 1.57. The number of anilines is 1. The smallest absolute Gasteiger partial charge is 0.222 e. The van der Waals surface area contributed by atoms with E-state index in [1.807, 2.05) is 11.0 Å². The van der Waals surface area contributed by atoms with E-state index in [0.29, 0.717) is 31.5 Å². The van der Waals surface area contributed by atoms with Crippen molar-refractivity contribution in [2.45, 2.75) is 32.2 Å². The van der Waals surface area contributed by atoms with Gasteiger partial charge in [0.2, 0.25) is 5.91 Å². The highest BCUT2D eigenvalue weighted by Crippen LogP contribution is 2.33. The van der Waals surface area contributed by atoms with Crippen LogP contribution in [0.4, 0.5) is 5.82 Å². The summed E-state index contributed by atoms with van der Waals surface area (Å²) in [7, 11) is 0. The highest BCUT2D eigenvalue weighted by atomic mass is 16.2. The number of hydrogen-bond donors (Lipinski definition) is 1. The minimum atomic E-state index is 0.278. The Hall–Kier alpha value is -2.14. The number of rotatable bonds is 3. The molecular formula is C20H26N4O. The first-order chi connectivity index (χ1) is 12.2. The molecule has 2 fully saturated rings. The first-order valence-corrected chi connectivity index (χ1v) is 9.28. The molecule has 0 unspecified atom stereocenters. The Kier molecular flexibility index (Phi) is 4.34. The van der Waals surface area contributed by atoms with E-state index in [2.05, 4.69) is 36.1 Å². The Morgan fingerprint density at radius 2 is 2.12 bits per heavy atom. The number of fused-ring (bicyclic) bond motifs is 2. The van der Waals surface area contributed by atoms with Crippen molar-refractivity contribution in [3.8, 4) is 0 Å². The molecule has 1 aromatic heterocycles. The van der Waals surface area contributed by atoms with Gasteiger partial charge in [0.05, 0.1) is 5.52 Å². The average Bonchev–Trinajstić information content (AvgIpc) is 2.64. The number of aromatic nitrogens is 1. The van der Waals surface area contributed by atoms with Gasteiger partial charge < -0.3 is 15.5 Å². The van der Waals surface area contributed by atoms with Crippen LogP contribution in [0.5, 0.6) is 0 Å². The van der Waals surface area contributed by atoms with Crippen LogP contribution < -0.4 is 10.6 Å².